The van der Waals surface area contributed by atoms with Crippen LogP contribution in [0.15, 0.2) is 20.2 Å². The number of aliphatic hydroxyl groups is 3. The van der Waals surface area contributed by atoms with Crippen LogP contribution in [0.3, 0.4) is 0 Å². The smallest absolute Gasteiger partial charge is 0.246 e. The molecule has 3 aliphatic heterocycles. The summed E-state index contributed by atoms with van der Waals surface area (Å²) in [6.07, 6.45) is -0.668. The fraction of sp³-hybridized carbons (Fsp3) is 0.733. The number of guanidine groups is 1. The third-order valence-corrected chi connectivity index (χ3v) is 4.42. The van der Waals surface area contributed by atoms with Gasteiger partial charge in [-0.1, -0.05) is 13.8 Å². The highest BCUT2D eigenvalue weighted by atomic mass is 16.6. The van der Waals surface area contributed by atoms with Crippen LogP contribution in [-0.2, 0) is 4.74 Å². The predicted octanol–water partition coefficient (Wildman–Crippen LogP) is -2.19. The molecule has 6 atom stereocenters. The molecular formula is C15H25N7O4. The van der Waals surface area contributed by atoms with Crippen LogP contribution in [0.25, 0.3) is 0 Å². The van der Waals surface area contributed by atoms with E-state index in [1.54, 1.807) is 11.1 Å². The standard InChI is InChI=1S/C15H25N7O4/c1-7(2)3-4-18-21-15-19-12(16)9-13(20-15)22(6-17-9)14-11(25)10(24)8(5-23)26-14/h4,6-11,13-14,23-25H,3,5H2,1-2H3,(H3,16,19,20,21)/b18-4-/t8?,9?,10-,11-,13?,14?/m1/s1. The third-order valence-electron chi connectivity index (χ3n) is 4.42. The van der Waals surface area contributed by atoms with E-state index >= 15 is 0 Å². The van der Waals surface area contributed by atoms with Gasteiger partial charge in [-0.15, -0.1) is 5.10 Å². The molecular weight excluding hydrogens is 342 g/mol. The molecule has 11 nitrogen and oxygen atoms in total. The Bertz CT molecular complexity index is 635. The minimum absolute atomic E-state index is 0.228. The van der Waals surface area contributed by atoms with E-state index in [4.69, 9.17) is 10.5 Å². The zero-order chi connectivity index (χ0) is 18.8. The van der Waals surface area contributed by atoms with Crippen LogP contribution < -0.4 is 11.1 Å². The second kappa shape index (κ2) is 7.66. The van der Waals surface area contributed by atoms with E-state index in [0.29, 0.717) is 5.92 Å². The highest BCUT2D eigenvalue weighted by Gasteiger charge is 2.50. The summed E-state index contributed by atoms with van der Waals surface area (Å²) in [5.74, 6) is 0.963. The Morgan fingerprint density at radius 2 is 2.19 bits per heavy atom. The first-order valence-corrected chi connectivity index (χ1v) is 8.55. The average Bonchev–Trinajstić information content (AvgIpc) is 3.14. The molecule has 3 rings (SSSR count). The van der Waals surface area contributed by atoms with Gasteiger partial charge in [0, 0.05) is 6.21 Å². The molecule has 0 bridgehead atoms. The number of amidine groups is 1. The number of ether oxygens (including phenoxy) is 1. The van der Waals surface area contributed by atoms with Crippen LogP contribution >= 0.6 is 0 Å². The fourth-order valence-corrected chi connectivity index (χ4v) is 2.96. The average molecular weight is 367 g/mol. The van der Waals surface area contributed by atoms with Crippen molar-refractivity contribution < 1.29 is 20.1 Å². The van der Waals surface area contributed by atoms with Gasteiger partial charge in [-0.2, -0.15) is 10.1 Å². The Balaban J connectivity index is 1.73. The number of nitrogens with one attached hydrogen (secondary N) is 1. The molecule has 144 valence electrons. The van der Waals surface area contributed by atoms with Crippen molar-refractivity contribution >= 4 is 24.3 Å². The molecule has 0 amide bonds. The van der Waals surface area contributed by atoms with Crippen LogP contribution in [0, 0.1) is 5.92 Å². The molecule has 0 saturated carbocycles. The molecule has 4 unspecified atom stereocenters. The van der Waals surface area contributed by atoms with E-state index < -0.39 is 43.4 Å². The van der Waals surface area contributed by atoms with Gasteiger partial charge in [-0.05, 0) is 12.3 Å². The van der Waals surface area contributed by atoms with Crippen molar-refractivity contribution in [3.8, 4) is 0 Å². The van der Waals surface area contributed by atoms with Gasteiger partial charge in [0.05, 0.1) is 12.9 Å². The Hall–Kier alpha value is -2.08. The maximum atomic E-state index is 10.2. The Labute approximate surface area is 151 Å². The minimum atomic E-state index is -1.20. The van der Waals surface area contributed by atoms with Gasteiger partial charge < -0.3 is 36.0 Å². The van der Waals surface area contributed by atoms with Crippen molar-refractivity contribution in [1.29, 1.82) is 0 Å². The summed E-state index contributed by atoms with van der Waals surface area (Å²) in [7, 11) is 0. The molecule has 0 radical (unpaired) electrons. The number of rotatable bonds is 5. The highest BCUT2D eigenvalue weighted by Crippen LogP contribution is 2.28. The Kier molecular flexibility index (Phi) is 5.51. The second-order valence-corrected chi connectivity index (χ2v) is 6.86. The Morgan fingerprint density at radius 1 is 1.42 bits per heavy atom. The molecule has 0 aromatic heterocycles. The van der Waals surface area contributed by atoms with Crippen molar-refractivity contribution in [2.45, 2.75) is 57.0 Å². The lowest BCUT2D eigenvalue weighted by atomic mass is 10.1. The van der Waals surface area contributed by atoms with Gasteiger partial charge in [0.2, 0.25) is 5.96 Å². The van der Waals surface area contributed by atoms with Crippen molar-refractivity contribution in [2.75, 3.05) is 6.61 Å². The number of aliphatic imine (C=N–C) groups is 2. The number of aliphatic hydroxyl groups excluding tert-OH is 3. The van der Waals surface area contributed by atoms with Gasteiger partial charge in [-0.25, -0.2) is 0 Å². The molecule has 0 aliphatic carbocycles. The zero-order valence-corrected chi connectivity index (χ0v) is 14.7. The number of hydrogen-bond donors (Lipinski definition) is 5. The van der Waals surface area contributed by atoms with Gasteiger partial charge >= 0.3 is 0 Å². The van der Waals surface area contributed by atoms with Crippen molar-refractivity contribution in [2.24, 2.45) is 31.8 Å². The van der Waals surface area contributed by atoms with Gasteiger partial charge in [-0.3, -0.25) is 4.99 Å². The molecule has 11 heteroatoms. The second-order valence-electron chi connectivity index (χ2n) is 6.86. The first-order valence-electron chi connectivity index (χ1n) is 8.55. The summed E-state index contributed by atoms with van der Waals surface area (Å²) in [4.78, 5) is 10.0. The molecule has 3 heterocycles. The van der Waals surface area contributed by atoms with Gasteiger partial charge in [0.25, 0.3) is 0 Å². The van der Waals surface area contributed by atoms with Crippen molar-refractivity contribution in [3.05, 3.63) is 0 Å². The van der Waals surface area contributed by atoms with E-state index in [1.165, 1.54) is 6.34 Å². The van der Waals surface area contributed by atoms with Crippen LogP contribution in [0.4, 0.5) is 0 Å². The number of hydrogen-bond acceptors (Lipinski definition) is 9. The van der Waals surface area contributed by atoms with E-state index in [9.17, 15) is 15.3 Å². The minimum Gasteiger partial charge on any atom is -0.394 e. The lowest BCUT2D eigenvalue weighted by Crippen LogP contribution is -2.61. The quantitative estimate of drug-likeness (QED) is 0.272. The normalized spacial score (nSPS) is 38.3. The first kappa shape index (κ1) is 18.7. The number of nitrogens with two attached hydrogens (primary N) is 1. The van der Waals surface area contributed by atoms with E-state index in [1.807, 2.05) is 0 Å². The largest absolute Gasteiger partial charge is 0.394 e. The van der Waals surface area contributed by atoms with Crippen molar-refractivity contribution in [3.63, 3.8) is 0 Å². The third kappa shape index (κ3) is 3.56. The molecule has 6 N–H and O–H groups in total. The molecule has 0 aromatic rings. The lowest BCUT2D eigenvalue weighted by molar-refractivity contribution is -0.0803. The number of fused-ring (bicyclic) bond motifs is 1. The fourth-order valence-electron chi connectivity index (χ4n) is 2.96. The zero-order valence-electron chi connectivity index (χ0n) is 14.7. The number of nitrogens with zero attached hydrogens (tertiary/aromatic N) is 5. The highest BCUT2D eigenvalue weighted by molar-refractivity contribution is 6.02. The summed E-state index contributed by atoms with van der Waals surface area (Å²) in [5, 5.41) is 40.5. The van der Waals surface area contributed by atoms with Crippen LogP contribution in [0.5, 0.6) is 0 Å². The molecule has 1 fully saturated rings. The summed E-state index contributed by atoms with van der Waals surface area (Å²) in [6.45, 7) is 3.75. The molecule has 3 aliphatic rings. The van der Waals surface area contributed by atoms with Gasteiger partial charge in [0.15, 0.2) is 6.23 Å². The van der Waals surface area contributed by atoms with E-state index in [2.05, 4.69) is 39.4 Å². The first-order chi connectivity index (χ1) is 12.4. The lowest BCUT2D eigenvalue weighted by Gasteiger charge is -2.35. The summed E-state index contributed by atoms with van der Waals surface area (Å²) in [5.41, 5.74) is 5.98. The van der Waals surface area contributed by atoms with Crippen LogP contribution in [-0.4, -0.2) is 87.9 Å². The molecule has 0 aromatic carbocycles. The summed E-state index contributed by atoms with van der Waals surface area (Å²) in [6, 6.07) is -0.477. The van der Waals surface area contributed by atoms with Crippen LogP contribution in [0.2, 0.25) is 0 Å². The van der Waals surface area contributed by atoms with E-state index in [0.717, 1.165) is 6.42 Å². The predicted molar refractivity (Wildman–Crippen MR) is 95.8 cm³/mol. The van der Waals surface area contributed by atoms with Gasteiger partial charge in [0.1, 0.15) is 36.4 Å². The SMILES string of the molecule is CC(C)C/C=N\N=C1\N=C(N)C2N=CN(C3OC(CO)[C@@H](O)[C@H]3O)C2N1. The molecule has 0 spiro atoms. The van der Waals surface area contributed by atoms with Crippen molar-refractivity contribution in [1.82, 2.24) is 10.2 Å². The van der Waals surface area contributed by atoms with Crippen LogP contribution in [0.1, 0.15) is 20.3 Å². The molecule has 26 heavy (non-hydrogen) atoms. The Morgan fingerprint density at radius 3 is 2.85 bits per heavy atom. The maximum absolute atomic E-state index is 10.2. The topological polar surface area (TPSA) is 161 Å². The maximum Gasteiger partial charge on any atom is 0.246 e. The van der Waals surface area contributed by atoms with E-state index in [-0.39, 0.29) is 11.8 Å². The molecule has 1 saturated heterocycles. The summed E-state index contributed by atoms with van der Waals surface area (Å²) < 4.78 is 5.56. The summed E-state index contributed by atoms with van der Waals surface area (Å²) >= 11 is 0. The monoisotopic (exact) mass is 367 g/mol.